The zero-order valence-electron chi connectivity index (χ0n) is 6.78. The van der Waals surface area contributed by atoms with Crippen LogP contribution in [0.15, 0.2) is 0 Å². The van der Waals surface area contributed by atoms with E-state index in [9.17, 15) is 0 Å². The molecule has 4 N–H and O–H groups in total. The summed E-state index contributed by atoms with van der Waals surface area (Å²) >= 11 is 0. The van der Waals surface area contributed by atoms with E-state index in [4.69, 9.17) is 15.3 Å². The predicted octanol–water partition coefficient (Wildman–Crippen LogP) is -3.81. The minimum Gasteiger partial charge on any atom is -0.870 e. The van der Waals surface area contributed by atoms with Gasteiger partial charge in [0.25, 0.3) is 0 Å². The van der Waals surface area contributed by atoms with Gasteiger partial charge in [0.1, 0.15) is 0 Å². The molecule has 5 heteroatoms. The maximum absolute atomic E-state index is 8.11. The largest absolute Gasteiger partial charge is 1.00 e. The summed E-state index contributed by atoms with van der Waals surface area (Å²) in [4.78, 5) is 0. The fourth-order valence-corrected chi connectivity index (χ4v) is 0. The quantitative estimate of drug-likeness (QED) is 0.345. The van der Waals surface area contributed by atoms with Gasteiger partial charge in [0.2, 0.25) is 0 Å². The zero-order valence-corrected chi connectivity index (χ0v) is 8.78. The van der Waals surface area contributed by atoms with E-state index in [0.29, 0.717) is 0 Å². The van der Waals surface area contributed by atoms with E-state index in [1.54, 1.807) is 6.92 Å². The fraction of sp³-hybridized carbons (Fsp3) is 1.00. The summed E-state index contributed by atoms with van der Waals surface area (Å²) in [5.41, 5.74) is 0. The van der Waals surface area contributed by atoms with Crippen LogP contribution >= 0.6 is 0 Å². The van der Waals surface area contributed by atoms with Gasteiger partial charge in [0.15, 0.2) is 0 Å². The summed E-state index contributed by atoms with van der Waals surface area (Å²) in [6.45, 7) is 3.32. The third-order valence-corrected chi connectivity index (χ3v) is 0.264. The number of rotatable bonds is 1. The van der Waals surface area contributed by atoms with Crippen LogP contribution in [0.25, 0.3) is 0 Å². The van der Waals surface area contributed by atoms with Crippen molar-refractivity contribution in [3.63, 3.8) is 0 Å². The molecule has 0 bridgehead atoms. The van der Waals surface area contributed by atoms with Gasteiger partial charge in [0, 0.05) is 6.61 Å². The Morgan fingerprint density at radius 3 is 1.40 bits per heavy atom. The Labute approximate surface area is 83.5 Å². The van der Waals surface area contributed by atoms with Gasteiger partial charge in [-0.1, -0.05) is 0 Å². The number of hydrogen-bond donors (Lipinski definition) is 3. The molecule has 0 fully saturated rings. The van der Waals surface area contributed by atoms with Gasteiger partial charge in [0.05, 0.1) is 12.7 Å². The van der Waals surface area contributed by atoms with Crippen LogP contribution in [0.1, 0.15) is 13.8 Å². The summed E-state index contributed by atoms with van der Waals surface area (Å²) in [5.74, 6) is 0. The van der Waals surface area contributed by atoms with E-state index < -0.39 is 6.10 Å². The molecule has 0 rings (SSSR count). The first-order valence-electron chi connectivity index (χ1n) is 2.58. The molecule has 0 saturated carbocycles. The second-order valence-corrected chi connectivity index (χ2v) is 1.35. The van der Waals surface area contributed by atoms with Crippen molar-refractivity contribution >= 4 is 0 Å². The predicted molar refractivity (Wildman–Crippen MR) is 33.5 cm³/mol. The van der Waals surface area contributed by atoms with Crippen molar-refractivity contribution in [3.8, 4) is 0 Å². The maximum Gasteiger partial charge on any atom is 1.00 e. The molecule has 0 aromatic carbocycles. The van der Waals surface area contributed by atoms with Gasteiger partial charge in [-0.15, -0.1) is 0 Å². The van der Waals surface area contributed by atoms with Crippen LogP contribution in [0.4, 0.5) is 0 Å². The normalized spacial score (nSPS) is 9.30. The molecule has 0 aromatic heterocycles. The van der Waals surface area contributed by atoms with Crippen LogP contribution < -0.4 is 29.6 Å². The molecule has 0 radical (unpaired) electrons. The molecule has 0 spiro atoms. The van der Waals surface area contributed by atoms with Crippen LogP contribution in [0.3, 0.4) is 0 Å². The smallest absolute Gasteiger partial charge is 0.870 e. The van der Waals surface area contributed by atoms with Crippen molar-refractivity contribution in [2.45, 2.75) is 20.0 Å². The van der Waals surface area contributed by atoms with Gasteiger partial charge in [-0.3, -0.25) is 0 Å². The summed E-state index contributed by atoms with van der Waals surface area (Å²) < 4.78 is 0. The van der Waals surface area contributed by atoms with E-state index in [1.807, 2.05) is 0 Å². The maximum atomic E-state index is 8.11. The SMILES string of the molecule is CC(O)CO.CCO.[Na+].[OH-]. The molecule has 10 heavy (non-hydrogen) atoms. The van der Waals surface area contributed by atoms with Crippen molar-refractivity contribution in [2.75, 3.05) is 13.2 Å². The molecule has 60 valence electrons. The van der Waals surface area contributed by atoms with Crippen LogP contribution in [0.2, 0.25) is 0 Å². The molecule has 0 amide bonds. The Kier molecular flexibility index (Phi) is 50.6. The minimum absolute atomic E-state index is 0. The summed E-state index contributed by atoms with van der Waals surface area (Å²) in [7, 11) is 0. The van der Waals surface area contributed by atoms with E-state index in [1.165, 1.54) is 6.92 Å². The third-order valence-electron chi connectivity index (χ3n) is 0.264. The third kappa shape index (κ3) is 67.4. The number of aliphatic hydroxyl groups excluding tert-OH is 3. The average Bonchev–Trinajstić information content (AvgIpc) is 1.69. The summed E-state index contributed by atoms with van der Waals surface area (Å²) in [5, 5.41) is 23.6. The summed E-state index contributed by atoms with van der Waals surface area (Å²) in [6.07, 6.45) is -0.560. The second-order valence-electron chi connectivity index (χ2n) is 1.35. The number of hydrogen-bond acceptors (Lipinski definition) is 4. The van der Waals surface area contributed by atoms with Crippen molar-refractivity contribution < 1.29 is 50.4 Å². The van der Waals surface area contributed by atoms with E-state index in [2.05, 4.69) is 0 Å². The topological polar surface area (TPSA) is 90.7 Å². The van der Waals surface area contributed by atoms with E-state index in [0.717, 1.165) is 0 Å². The van der Waals surface area contributed by atoms with Crippen molar-refractivity contribution in [1.82, 2.24) is 0 Å². The Morgan fingerprint density at radius 1 is 1.30 bits per heavy atom. The van der Waals surface area contributed by atoms with Crippen LogP contribution in [-0.4, -0.2) is 40.1 Å². The molecular formula is C5H15NaO4. The molecule has 0 aliphatic carbocycles. The average molecular weight is 162 g/mol. The molecule has 1 atom stereocenters. The van der Waals surface area contributed by atoms with Gasteiger partial charge < -0.3 is 20.8 Å². The first-order chi connectivity index (χ1) is 3.68. The van der Waals surface area contributed by atoms with Crippen molar-refractivity contribution in [1.29, 1.82) is 0 Å². The zero-order chi connectivity index (χ0) is 6.99. The fourth-order valence-electron chi connectivity index (χ4n) is 0. The molecular weight excluding hydrogens is 147 g/mol. The van der Waals surface area contributed by atoms with Crippen LogP contribution in [-0.2, 0) is 0 Å². The molecule has 0 heterocycles. The minimum atomic E-state index is -0.560. The second kappa shape index (κ2) is 22.5. The number of aliphatic hydroxyl groups is 3. The van der Waals surface area contributed by atoms with E-state index >= 15 is 0 Å². The Morgan fingerprint density at radius 2 is 1.40 bits per heavy atom. The van der Waals surface area contributed by atoms with Crippen LogP contribution in [0.5, 0.6) is 0 Å². The first-order valence-corrected chi connectivity index (χ1v) is 2.58. The molecule has 0 aliphatic rings. The first kappa shape index (κ1) is 22.4. The Balaban J connectivity index is -0.0000000326. The molecule has 0 aliphatic heterocycles. The molecule has 4 nitrogen and oxygen atoms in total. The van der Waals surface area contributed by atoms with Crippen molar-refractivity contribution in [3.05, 3.63) is 0 Å². The van der Waals surface area contributed by atoms with Gasteiger partial charge in [-0.25, -0.2) is 0 Å². The van der Waals surface area contributed by atoms with Crippen LogP contribution in [0, 0.1) is 0 Å². The van der Waals surface area contributed by atoms with Gasteiger partial charge >= 0.3 is 29.6 Å². The van der Waals surface area contributed by atoms with E-state index in [-0.39, 0.29) is 48.2 Å². The molecule has 0 aromatic rings. The summed E-state index contributed by atoms with van der Waals surface area (Å²) in [6, 6.07) is 0. The molecule has 1 unspecified atom stereocenters. The standard InChI is InChI=1S/C3H8O2.C2H6O.Na.H2O/c1-3(5)2-4;1-2-3;;/h3-5H,2H2,1H3;3H,2H2,1H3;;1H2/q;;+1;/p-1. The van der Waals surface area contributed by atoms with Gasteiger partial charge in [-0.2, -0.15) is 0 Å². The van der Waals surface area contributed by atoms with Gasteiger partial charge in [-0.05, 0) is 13.8 Å². The monoisotopic (exact) mass is 162 g/mol. The Bertz CT molecular complexity index is 34.8. The Hall–Kier alpha value is 0.840. The molecule has 0 saturated heterocycles. The van der Waals surface area contributed by atoms with Crippen molar-refractivity contribution in [2.24, 2.45) is 0 Å².